The van der Waals surface area contributed by atoms with Gasteiger partial charge in [-0.15, -0.1) is 0 Å². The molecule has 1 aliphatic heterocycles. The molecule has 1 aromatic heterocycles. The molecule has 2 heterocycles. The second kappa shape index (κ2) is 8.04. The van der Waals surface area contributed by atoms with Crippen LogP contribution >= 0.6 is 0 Å². The molecule has 4 aromatic rings. The van der Waals surface area contributed by atoms with E-state index in [9.17, 15) is 9.50 Å². The van der Waals surface area contributed by atoms with Gasteiger partial charge in [0, 0.05) is 45.4 Å². The van der Waals surface area contributed by atoms with Crippen molar-refractivity contribution in [3.63, 3.8) is 0 Å². The molecule has 0 spiro atoms. The van der Waals surface area contributed by atoms with Gasteiger partial charge in [-0.25, -0.2) is 4.39 Å². The van der Waals surface area contributed by atoms with Crippen molar-refractivity contribution in [2.45, 2.75) is 52.2 Å². The van der Waals surface area contributed by atoms with Gasteiger partial charge < -0.3 is 15.4 Å². The Morgan fingerprint density at radius 2 is 1.74 bits per heavy atom. The molecule has 0 saturated carbocycles. The van der Waals surface area contributed by atoms with Crippen molar-refractivity contribution in [3.05, 3.63) is 88.4 Å². The molecular formula is C30H29FN2O. The third-order valence-electron chi connectivity index (χ3n) is 7.05. The highest BCUT2D eigenvalue weighted by molar-refractivity contribution is 5.98. The van der Waals surface area contributed by atoms with E-state index in [2.05, 4.69) is 67.2 Å². The molecule has 0 unspecified atom stereocenters. The average molecular weight is 453 g/mol. The summed E-state index contributed by atoms with van der Waals surface area (Å²) >= 11 is 0. The number of H-pyrrole nitrogens is 1. The van der Waals surface area contributed by atoms with Crippen LogP contribution in [0.5, 0.6) is 0 Å². The van der Waals surface area contributed by atoms with Gasteiger partial charge >= 0.3 is 0 Å². The second-order valence-electron chi connectivity index (χ2n) is 9.95. The number of aliphatic hydroxyl groups excluding tert-OH is 1. The van der Waals surface area contributed by atoms with Crippen molar-refractivity contribution in [1.29, 1.82) is 0 Å². The summed E-state index contributed by atoms with van der Waals surface area (Å²) in [6.07, 6.45) is 1.43. The molecule has 1 aliphatic rings. The molecule has 34 heavy (non-hydrogen) atoms. The summed E-state index contributed by atoms with van der Waals surface area (Å²) in [6, 6.07) is 14.8. The van der Waals surface area contributed by atoms with Crippen molar-refractivity contribution in [2.75, 3.05) is 5.32 Å². The highest BCUT2D eigenvalue weighted by Crippen LogP contribution is 2.46. The largest absolute Gasteiger partial charge is 0.390 e. The van der Waals surface area contributed by atoms with Crippen molar-refractivity contribution in [3.8, 4) is 23.0 Å². The molecule has 0 bridgehead atoms. The summed E-state index contributed by atoms with van der Waals surface area (Å²) in [7, 11) is 0. The van der Waals surface area contributed by atoms with Crippen LogP contribution in [0.3, 0.4) is 0 Å². The maximum Gasteiger partial charge on any atom is 0.124 e. The van der Waals surface area contributed by atoms with E-state index in [4.69, 9.17) is 0 Å². The van der Waals surface area contributed by atoms with Crippen LogP contribution in [0.1, 0.15) is 54.5 Å². The quantitative estimate of drug-likeness (QED) is 0.283. The van der Waals surface area contributed by atoms with Gasteiger partial charge in [0.2, 0.25) is 0 Å². The number of hydrogen-bond donors (Lipinski definition) is 3. The minimum absolute atomic E-state index is 0.133. The predicted molar refractivity (Wildman–Crippen MR) is 138 cm³/mol. The van der Waals surface area contributed by atoms with Crippen LogP contribution in [0.15, 0.2) is 54.7 Å². The first-order valence-electron chi connectivity index (χ1n) is 11.7. The Hall–Kier alpha value is -3.55. The lowest BCUT2D eigenvalue weighted by molar-refractivity contribution is 0.0868. The van der Waals surface area contributed by atoms with Gasteiger partial charge in [0.15, 0.2) is 0 Å². The normalized spacial score (nSPS) is 18.7. The molecule has 4 heteroatoms. The molecule has 0 aliphatic carbocycles. The third kappa shape index (κ3) is 3.57. The number of nitrogens with one attached hydrogen (secondary N) is 2. The van der Waals surface area contributed by atoms with Crippen LogP contribution < -0.4 is 5.32 Å². The van der Waals surface area contributed by atoms with Gasteiger partial charge in [0.1, 0.15) is 5.82 Å². The van der Waals surface area contributed by atoms with Gasteiger partial charge in [-0.2, -0.15) is 0 Å². The fourth-order valence-electron chi connectivity index (χ4n) is 5.21. The molecule has 3 nitrogen and oxygen atoms in total. The van der Waals surface area contributed by atoms with Gasteiger partial charge in [0.05, 0.1) is 17.2 Å². The van der Waals surface area contributed by atoms with Gasteiger partial charge in [-0.3, -0.25) is 0 Å². The van der Waals surface area contributed by atoms with Gasteiger partial charge in [0.25, 0.3) is 0 Å². The monoisotopic (exact) mass is 452 g/mol. The van der Waals surface area contributed by atoms with E-state index in [0.717, 1.165) is 39.0 Å². The first-order chi connectivity index (χ1) is 16.2. The first kappa shape index (κ1) is 22.3. The molecule has 0 saturated heterocycles. The van der Waals surface area contributed by atoms with Crippen LogP contribution in [0.4, 0.5) is 10.1 Å². The maximum atomic E-state index is 13.8. The number of aryl methyl sites for hydroxylation is 2. The van der Waals surface area contributed by atoms with E-state index >= 15 is 0 Å². The second-order valence-corrected chi connectivity index (χ2v) is 9.95. The lowest BCUT2D eigenvalue weighted by Gasteiger charge is -2.43. The summed E-state index contributed by atoms with van der Waals surface area (Å²) in [5.41, 5.74) is 8.45. The zero-order valence-electron chi connectivity index (χ0n) is 20.2. The smallest absolute Gasteiger partial charge is 0.124 e. The van der Waals surface area contributed by atoms with Crippen LogP contribution in [0.2, 0.25) is 0 Å². The summed E-state index contributed by atoms with van der Waals surface area (Å²) in [5, 5.41) is 15.9. The van der Waals surface area contributed by atoms with Crippen LogP contribution in [-0.2, 0) is 0 Å². The number of benzene rings is 3. The number of aromatic amines is 1. The number of halogens is 1. The van der Waals surface area contributed by atoms with E-state index in [-0.39, 0.29) is 11.7 Å². The van der Waals surface area contributed by atoms with Crippen LogP contribution in [-0.4, -0.2) is 21.7 Å². The number of para-hydroxylation sites is 1. The zero-order chi connectivity index (χ0) is 24.2. The predicted octanol–water partition coefficient (Wildman–Crippen LogP) is 6.66. The fraction of sp³-hybridized carbons (Fsp3) is 0.267. The molecule has 172 valence electrons. The zero-order valence-corrected chi connectivity index (χ0v) is 20.2. The molecular weight excluding hydrogens is 423 g/mol. The SMILES string of the molecule is Cc1cc(-c2cccc3c(C)c[nH]c23)c(C#Cc2cccc(F)c2)c2c1NC(C)(C)[C@H](O)[C@H]2C. The Balaban J connectivity index is 1.83. The minimum Gasteiger partial charge on any atom is -0.390 e. The Labute approximate surface area is 200 Å². The Kier molecular flexibility index (Phi) is 5.26. The number of rotatable bonds is 1. The molecule has 2 atom stereocenters. The molecule has 0 radical (unpaired) electrons. The lowest BCUT2D eigenvalue weighted by atomic mass is 9.75. The van der Waals surface area contributed by atoms with Crippen LogP contribution in [0.25, 0.3) is 22.0 Å². The number of hydrogen-bond acceptors (Lipinski definition) is 2. The van der Waals surface area contributed by atoms with Crippen molar-refractivity contribution in [1.82, 2.24) is 4.98 Å². The highest BCUT2D eigenvalue weighted by Gasteiger charge is 2.40. The Bertz CT molecular complexity index is 1490. The van der Waals surface area contributed by atoms with Gasteiger partial charge in [-0.05, 0) is 68.7 Å². The minimum atomic E-state index is -0.590. The van der Waals surface area contributed by atoms with Crippen LogP contribution in [0, 0.1) is 31.5 Å². The number of aromatic nitrogens is 1. The summed E-state index contributed by atoms with van der Waals surface area (Å²) < 4.78 is 13.8. The molecule has 3 N–H and O–H groups in total. The topological polar surface area (TPSA) is 48.0 Å². The highest BCUT2D eigenvalue weighted by atomic mass is 19.1. The van der Waals surface area contributed by atoms with Gasteiger partial charge in [-0.1, -0.05) is 43.0 Å². The lowest BCUT2D eigenvalue weighted by Crippen LogP contribution is -2.50. The summed E-state index contributed by atoms with van der Waals surface area (Å²) in [6.45, 7) is 10.3. The standard InChI is InChI=1S/C30H29FN2O/c1-17-14-25(24-11-7-10-22-18(2)16-32-28(22)24)23(13-12-20-8-6-9-21(31)15-20)26-19(3)29(34)30(4,5)33-27(17)26/h6-11,14-16,19,29,32-34H,1-5H3/t19-,29+/m0/s1. The molecule has 5 rings (SSSR count). The Morgan fingerprint density at radius 1 is 0.971 bits per heavy atom. The number of fused-ring (bicyclic) bond motifs is 2. The summed E-state index contributed by atoms with van der Waals surface area (Å²) in [5.74, 6) is 6.12. The average Bonchev–Trinajstić information content (AvgIpc) is 3.18. The number of aliphatic hydroxyl groups is 1. The van der Waals surface area contributed by atoms with Crippen molar-refractivity contribution < 1.29 is 9.50 Å². The molecule has 0 amide bonds. The first-order valence-corrected chi connectivity index (χ1v) is 11.7. The Morgan fingerprint density at radius 3 is 2.50 bits per heavy atom. The van der Waals surface area contributed by atoms with E-state index in [1.807, 2.05) is 26.1 Å². The molecule has 3 aromatic carbocycles. The van der Waals surface area contributed by atoms with E-state index in [0.29, 0.717) is 5.56 Å². The summed E-state index contributed by atoms with van der Waals surface area (Å²) in [4.78, 5) is 3.43. The third-order valence-corrected chi connectivity index (χ3v) is 7.05. The van der Waals surface area contributed by atoms with Crippen molar-refractivity contribution in [2.24, 2.45) is 0 Å². The van der Waals surface area contributed by atoms with Crippen molar-refractivity contribution >= 4 is 16.6 Å². The van der Waals surface area contributed by atoms with E-state index < -0.39 is 11.6 Å². The maximum absolute atomic E-state index is 13.8. The fourth-order valence-corrected chi connectivity index (χ4v) is 5.21. The molecule has 0 fully saturated rings. The van der Waals surface area contributed by atoms with E-state index in [1.165, 1.54) is 23.1 Å². The van der Waals surface area contributed by atoms with E-state index in [1.54, 1.807) is 6.07 Å². The number of anilines is 1.